The van der Waals surface area contributed by atoms with Crippen LogP contribution in [0.4, 0.5) is 10.6 Å². The zero-order valence-electron chi connectivity index (χ0n) is 17.5. The molecule has 1 saturated carbocycles. The van der Waals surface area contributed by atoms with Gasteiger partial charge in [0, 0.05) is 62.5 Å². The molecule has 160 valence electrons. The summed E-state index contributed by atoms with van der Waals surface area (Å²) in [5.74, 6) is 1.05. The van der Waals surface area contributed by atoms with Crippen molar-refractivity contribution in [3.63, 3.8) is 0 Å². The van der Waals surface area contributed by atoms with Gasteiger partial charge in [0.05, 0.1) is 17.8 Å². The summed E-state index contributed by atoms with van der Waals surface area (Å²) in [7, 11) is 0. The molecular weight excluding hydrogens is 398 g/mol. The minimum Gasteiger partial charge on any atom is -0.450 e. The summed E-state index contributed by atoms with van der Waals surface area (Å²) in [6.45, 7) is 8.15. The third-order valence-corrected chi connectivity index (χ3v) is 7.51. The van der Waals surface area contributed by atoms with Crippen molar-refractivity contribution in [1.82, 2.24) is 19.8 Å². The third kappa shape index (κ3) is 3.67. The molecule has 7 nitrogen and oxygen atoms in total. The molecular formula is C22H29N5O2S. The van der Waals surface area contributed by atoms with Gasteiger partial charge >= 0.3 is 6.09 Å². The molecule has 2 saturated heterocycles. The second-order valence-electron chi connectivity index (χ2n) is 8.70. The molecule has 1 aliphatic carbocycles. The van der Waals surface area contributed by atoms with Crippen LogP contribution in [0.25, 0.3) is 11.3 Å². The monoisotopic (exact) mass is 427 g/mol. The van der Waals surface area contributed by atoms with Crippen molar-refractivity contribution in [2.75, 3.05) is 50.8 Å². The van der Waals surface area contributed by atoms with Gasteiger partial charge in [0.25, 0.3) is 0 Å². The molecule has 2 aromatic rings. The van der Waals surface area contributed by atoms with Crippen LogP contribution in [0.3, 0.4) is 0 Å². The van der Waals surface area contributed by atoms with E-state index in [0.29, 0.717) is 18.1 Å². The number of amides is 1. The number of piperazine rings is 1. The van der Waals surface area contributed by atoms with Crippen LogP contribution in [0.15, 0.2) is 29.2 Å². The van der Waals surface area contributed by atoms with E-state index in [1.165, 1.54) is 12.8 Å². The van der Waals surface area contributed by atoms with E-state index in [1.807, 2.05) is 29.6 Å². The van der Waals surface area contributed by atoms with Crippen molar-refractivity contribution in [1.29, 1.82) is 0 Å². The van der Waals surface area contributed by atoms with E-state index in [-0.39, 0.29) is 6.09 Å². The van der Waals surface area contributed by atoms with Crippen LogP contribution in [0.1, 0.15) is 26.2 Å². The maximum Gasteiger partial charge on any atom is 0.409 e. The molecule has 0 unspecified atom stereocenters. The molecule has 0 bridgehead atoms. The number of rotatable bonds is 4. The van der Waals surface area contributed by atoms with Gasteiger partial charge in [0.15, 0.2) is 0 Å². The van der Waals surface area contributed by atoms with Crippen LogP contribution in [0.5, 0.6) is 0 Å². The first-order valence-corrected chi connectivity index (χ1v) is 11.9. The van der Waals surface area contributed by atoms with Gasteiger partial charge in [-0.05, 0) is 43.7 Å². The van der Waals surface area contributed by atoms with Crippen LogP contribution in [-0.4, -0.2) is 77.8 Å². The molecule has 3 aliphatic rings. The van der Waals surface area contributed by atoms with Gasteiger partial charge < -0.3 is 14.5 Å². The number of hydrogen-bond donors (Lipinski definition) is 0. The lowest BCUT2D eigenvalue weighted by molar-refractivity contribution is 0.00386. The largest absolute Gasteiger partial charge is 0.450 e. The molecule has 5 rings (SSSR count). The number of thiazole rings is 1. The molecule has 8 heteroatoms. The first-order chi connectivity index (χ1) is 14.7. The molecule has 0 atom stereocenters. The second kappa shape index (κ2) is 8.15. The Balaban J connectivity index is 1.16. The predicted molar refractivity (Wildman–Crippen MR) is 118 cm³/mol. The van der Waals surface area contributed by atoms with Crippen LogP contribution in [0, 0.1) is 5.41 Å². The highest BCUT2D eigenvalue weighted by Crippen LogP contribution is 2.50. The van der Waals surface area contributed by atoms with Gasteiger partial charge in [0.1, 0.15) is 5.82 Å². The van der Waals surface area contributed by atoms with Gasteiger partial charge in [0.2, 0.25) is 0 Å². The summed E-state index contributed by atoms with van der Waals surface area (Å²) in [6.07, 6.45) is 5.26. The fraction of sp³-hybridized carbons (Fsp3) is 0.591. The van der Waals surface area contributed by atoms with E-state index < -0.39 is 0 Å². The van der Waals surface area contributed by atoms with Crippen molar-refractivity contribution >= 4 is 23.2 Å². The van der Waals surface area contributed by atoms with Gasteiger partial charge in [-0.1, -0.05) is 0 Å². The number of carbonyl (C=O) groups excluding carboxylic acids is 1. The normalized spacial score (nSPS) is 26.8. The lowest BCUT2D eigenvalue weighted by Gasteiger charge is -2.52. The topological polar surface area (TPSA) is 61.8 Å². The fourth-order valence-electron chi connectivity index (χ4n) is 5.33. The smallest absolute Gasteiger partial charge is 0.409 e. The van der Waals surface area contributed by atoms with E-state index in [1.54, 1.807) is 11.3 Å². The Morgan fingerprint density at radius 2 is 2.07 bits per heavy atom. The first kappa shape index (κ1) is 19.8. The van der Waals surface area contributed by atoms with Crippen LogP contribution in [0.2, 0.25) is 0 Å². The SMILES string of the molecule is CCOC(=O)N1CCC2(CC(N3CCN(c4ncccc4-c4cscn4)CC3)C2)C1. The summed E-state index contributed by atoms with van der Waals surface area (Å²) in [5.41, 5.74) is 4.34. The third-order valence-electron chi connectivity index (χ3n) is 6.93. The molecule has 2 aromatic heterocycles. The van der Waals surface area contributed by atoms with Crippen LogP contribution >= 0.6 is 11.3 Å². The van der Waals surface area contributed by atoms with Crippen molar-refractivity contribution in [3.8, 4) is 11.3 Å². The molecule has 30 heavy (non-hydrogen) atoms. The fourth-order valence-corrected chi connectivity index (χ4v) is 5.88. The number of anilines is 1. The molecule has 3 fully saturated rings. The summed E-state index contributed by atoms with van der Waals surface area (Å²) in [5, 5.41) is 2.09. The number of nitrogens with zero attached hydrogens (tertiary/aromatic N) is 5. The maximum absolute atomic E-state index is 12.0. The highest BCUT2D eigenvalue weighted by Gasteiger charge is 2.51. The minimum atomic E-state index is -0.141. The summed E-state index contributed by atoms with van der Waals surface area (Å²) in [4.78, 5) is 28.1. The Bertz CT molecular complexity index is 875. The van der Waals surface area contributed by atoms with Gasteiger partial charge in [-0.2, -0.15) is 0 Å². The van der Waals surface area contributed by atoms with Crippen molar-refractivity contribution in [3.05, 3.63) is 29.2 Å². The van der Waals surface area contributed by atoms with Gasteiger partial charge in [-0.25, -0.2) is 14.8 Å². The molecule has 1 amide bonds. The van der Waals surface area contributed by atoms with E-state index in [4.69, 9.17) is 4.74 Å². The average Bonchev–Trinajstić information content (AvgIpc) is 3.44. The lowest BCUT2D eigenvalue weighted by atomic mass is 9.64. The Morgan fingerprint density at radius 1 is 1.23 bits per heavy atom. The number of pyridine rings is 1. The second-order valence-corrected chi connectivity index (χ2v) is 9.42. The quantitative estimate of drug-likeness (QED) is 0.746. The Hall–Kier alpha value is -2.19. The maximum atomic E-state index is 12.0. The number of hydrogen-bond acceptors (Lipinski definition) is 7. The van der Waals surface area contributed by atoms with Crippen molar-refractivity contribution in [2.45, 2.75) is 32.2 Å². The number of aromatic nitrogens is 2. The predicted octanol–water partition coefficient (Wildman–Crippen LogP) is 3.34. The Labute approximate surface area is 181 Å². The highest BCUT2D eigenvalue weighted by molar-refractivity contribution is 7.07. The van der Waals surface area contributed by atoms with Crippen molar-refractivity contribution in [2.24, 2.45) is 5.41 Å². The molecule has 1 spiro atoms. The molecule has 0 N–H and O–H groups in total. The summed E-state index contributed by atoms with van der Waals surface area (Å²) in [6, 6.07) is 4.76. The van der Waals surface area contributed by atoms with Crippen molar-refractivity contribution < 1.29 is 9.53 Å². The highest BCUT2D eigenvalue weighted by atomic mass is 32.1. The molecule has 2 aliphatic heterocycles. The van der Waals surface area contributed by atoms with Gasteiger partial charge in [-0.15, -0.1) is 11.3 Å². The van der Waals surface area contributed by atoms with E-state index in [9.17, 15) is 4.79 Å². The van der Waals surface area contributed by atoms with Crippen LogP contribution in [-0.2, 0) is 4.74 Å². The molecule has 0 aromatic carbocycles. The minimum absolute atomic E-state index is 0.141. The average molecular weight is 428 g/mol. The summed E-state index contributed by atoms with van der Waals surface area (Å²) >= 11 is 1.62. The number of likely N-dealkylation sites (tertiary alicyclic amines) is 1. The van der Waals surface area contributed by atoms with Crippen LogP contribution < -0.4 is 4.90 Å². The van der Waals surface area contributed by atoms with Gasteiger partial charge in [-0.3, -0.25) is 4.90 Å². The molecule has 0 radical (unpaired) electrons. The van der Waals surface area contributed by atoms with E-state index in [2.05, 4.69) is 31.2 Å². The van der Waals surface area contributed by atoms with E-state index >= 15 is 0 Å². The Morgan fingerprint density at radius 3 is 2.80 bits per heavy atom. The zero-order chi connectivity index (χ0) is 20.6. The molecule has 4 heterocycles. The Kier molecular flexibility index (Phi) is 5.37. The lowest BCUT2D eigenvalue weighted by Crippen LogP contribution is -2.58. The zero-order valence-corrected chi connectivity index (χ0v) is 18.3. The van der Waals surface area contributed by atoms with E-state index in [0.717, 1.165) is 62.8 Å². The first-order valence-electron chi connectivity index (χ1n) is 10.9. The summed E-state index contributed by atoms with van der Waals surface area (Å²) < 4.78 is 5.18. The number of ether oxygens (including phenoxy) is 1. The number of carbonyl (C=O) groups is 1. The standard InChI is InChI=1S/C22H29N5O2S/c1-2-29-21(28)27-7-5-22(15-27)12-17(13-22)25-8-10-26(11-9-25)20-18(4-3-6-23-20)19-14-30-16-24-19/h3-4,6,14,16-17H,2,5,7-13,15H2,1H3.